The van der Waals surface area contributed by atoms with Crippen LogP contribution in [0.5, 0.6) is 0 Å². The van der Waals surface area contributed by atoms with Crippen molar-refractivity contribution in [1.29, 1.82) is 0 Å². The molecule has 0 saturated carbocycles. The van der Waals surface area contributed by atoms with E-state index < -0.39 is 0 Å². The normalized spacial score (nSPS) is 17.0. The molecule has 0 radical (unpaired) electrons. The zero-order chi connectivity index (χ0) is 13.7. The number of benzene rings is 1. The molecule has 1 aliphatic rings. The fourth-order valence-corrected chi connectivity index (χ4v) is 2.42. The monoisotopic (exact) mass is 333 g/mol. The lowest BCUT2D eigenvalue weighted by molar-refractivity contribution is -0.124. The second-order valence-electron chi connectivity index (χ2n) is 5.47. The summed E-state index contributed by atoms with van der Waals surface area (Å²) in [7, 11) is 4.11. The number of hydrogen-bond acceptors (Lipinski definition) is 3. The summed E-state index contributed by atoms with van der Waals surface area (Å²) in [6.07, 6.45) is 0.951. The molecule has 1 fully saturated rings. The van der Waals surface area contributed by atoms with Crippen LogP contribution in [0.15, 0.2) is 24.3 Å². The number of nitrogens with zero attached hydrogens (tertiary/aromatic N) is 1. The lowest BCUT2D eigenvalue weighted by Crippen LogP contribution is -2.31. The third-order valence-electron chi connectivity index (χ3n) is 3.39. The third-order valence-corrected chi connectivity index (χ3v) is 3.39. The van der Waals surface area contributed by atoms with Crippen LogP contribution >= 0.6 is 24.8 Å². The Morgan fingerprint density at radius 1 is 1.33 bits per heavy atom. The quantitative estimate of drug-likeness (QED) is 0.863. The van der Waals surface area contributed by atoms with Crippen LogP contribution in [-0.4, -0.2) is 38.0 Å². The topological polar surface area (TPSA) is 44.4 Å². The Labute approximate surface area is 139 Å². The van der Waals surface area contributed by atoms with Gasteiger partial charge < -0.3 is 15.5 Å². The predicted molar refractivity (Wildman–Crippen MR) is 91.2 cm³/mol. The smallest absolute Gasteiger partial charge is 0.224 e. The summed E-state index contributed by atoms with van der Waals surface area (Å²) in [5.41, 5.74) is 2.44. The minimum atomic E-state index is 0. The summed E-state index contributed by atoms with van der Waals surface area (Å²) in [4.78, 5) is 14.1. The molecule has 1 aromatic carbocycles. The molecular formula is C15H25Cl2N3O. The number of halogens is 2. The Morgan fingerprint density at radius 2 is 2.05 bits per heavy atom. The molecule has 1 aliphatic heterocycles. The summed E-state index contributed by atoms with van der Waals surface area (Å²) >= 11 is 0. The van der Waals surface area contributed by atoms with Gasteiger partial charge in [0.15, 0.2) is 0 Å². The van der Waals surface area contributed by atoms with Gasteiger partial charge >= 0.3 is 0 Å². The van der Waals surface area contributed by atoms with E-state index in [1.165, 1.54) is 11.1 Å². The van der Waals surface area contributed by atoms with E-state index in [0.29, 0.717) is 6.54 Å². The van der Waals surface area contributed by atoms with Crippen molar-refractivity contribution >= 4 is 30.7 Å². The molecule has 4 nitrogen and oxygen atoms in total. The summed E-state index contributed by atoms with van der Waals surface area (Å²) in [5, 5.41) is 6.24. The molecule has 1 amide bonds. The highest BCUT2D eigenvalue weighted by Crippen LogP contribution is 2.09. The number of nitrogens with one attached hydrogen (secondary N) is 2. The Bertz CT molecular complexity index is 435. The number of carbonyl (C=O) groups is 1. The maximum atomic E-state index is 11.9. The Morgan fingerprint density at radius 3 is 2.67 bits per heavy atom. The van der Waals surface area contributed by atoms with Gasteiger partial charge in [0.1, 0.15) is 0 Å². The van der Waals surface area contributed by atoms with E-state index in [1.54, 1.807) is 0 Å². The summed E-state index contributed by atoms with van der Waals surface area (Å²) in [6.45, 7) is 3.31. The van der Waals surface area contributed by atoms with E-state index in [-0.39, 0.29) is 36.6 Å². The average Bonchev–Trinajstić information content (AvgIpc) is 2.89. The van der Waals surface area contributed by atoms with Crippen molar-refractivity contribution in [2.75, 3.05) is 27.2 Å². The van der Waals surface area contributed by atoms with Crippen molar-refractivity contribution in [2.24, 2.45) is 5.92 Å². The van der Waals surface area contributed by atoms with E-state index in [0.717, 1.165) is 26.1 Å². The first-order chi connectivity index (χ1) is 9.15. The molecule has 2 rings (SSSR count). The number of rotatable bonds is 5. The molecule has 1 saturated heterocycles. The van der Waals surface area contributed by atoms with Crippen LogP contribution in [0.2, 0.25) is 0 Å². The molecule has 0 aromatic heterocycles. The first-order valence-electron chi connectivity index (χ1n) is 6.86. The molecule has 0 bridgehead atoms. The van der Waals surface area contributed by atoms with Gasteiger partial charge in [-0.25, -0.2) is 0 Å². The lowest BCUT2D eigenvalue weighted by Gasteiger charge is -2.12. The Hall–Kier alpha value is -0.810. The second kappa shape index (κ2) is 10.0. The van der Waals surface area contributed by atoms with Crippen molar-refractivity contribution in [2.45, 2.75) is 19.5 Å². The van der Waals surface area contributed by atoms with Gasteiger partial charge in [0.05, 0.1) is 5.92 Å². The van der Waals surface area contributed by atoms with Gasteiger partial charge in [0.2, 0.25) is 5.91 Å². The van der Waals surface area contributed by atoms with Crippen LogP contribution in [-0.2, 0) is 17.9 Å². The molecular weight excluding hydrogens is 309 g/mol. The zero-order valence-electron chi connectivity index (χ0n) is 12.6. The van der Waals surface area contributed by atoms with Gasteiger partial charge in [0, 0.05) is 19.6 Å². The molecule has 120 valence electrons. The van der Waals surface area contributed by atoms with E-state index in [2.05, 4.69) is 53.9 Å². The fraction of sp³-hybridized carbons (Fsp3) is 0.533. The first kappa shape index (κ1) is 20.2. The van der Waals surface area contributed by atoms with Crippen LogP contribution in [0.25, 0.3) is 0 Å². The maximum absolute atomic E-state index is 11.9. The third kappa shape index (κ3) is 6.66. The first-order valence-corrected chi connectivity index (χ1v) is 6.86. The standard InChI is InChI=1S/C15H23N3O.2ClH/c1-18(2)11-13-5-3-4-12(8-13)9-17-15(19)14-6-7-16-10-14;;/h3-5,8,14,16H,6-7,9-11H2,1-2H3,(H,17,19);2*1H. The summed E-state index contributed by atoms with van der Waals surface area (Å²) in [5.74, 6) is 0.313. The van der Waals surface area contributed by atoms with Crippen LogP contribution < -0.4 is 10.6 Å². The molecule has 1 heterocycles. The van der Waals surface area contributed by atoms with E-state index >= 15 is 0 Å². The molecule has 21 heavy (non-hydrogen) atoms. The van der Waals surface area contributed by atoms with Gasteiger partial charge in [-0.2, -0.15) is 0 Å². The number of amides is 1. The Balaban J connectivity index is 0.00000200. The maximum Gasteiger partial charge on any atom is 0.224 e. The van der Waals surface area contributed by atoms with Gasteiger partial charge in [-0.15, -0.1) is 24.8 Å². The van der Waals surface area contributed by atoms with Gasteiger partial charge in [0.25, 0.3) is 0 Å². The van der Waals surface area contributed by atoms with Gasteiger partial charge in [-0.05, 0) is 38.2 Å². The molecule has 1 atom stereocenters. The van der Waals surface area contributed by atoms with E-state index in [9.17, 15) is 4.79 Å². The highest BCUT2D eigenvalue weighted by atomic mass is 35.5. The van der Waals surface area contributed by atoms with Crippen LogP contribution in [0, 0.1) is 5.92 Å². The van der Waals surface area contributed by atoms with Crippen LogP contribution in [0.3, 0.4) is 0 Å². The molecule has 1 unspecified atom stereocenters. The SMILES string of the molecule is CN(C)Cc1cccc(CNC(=O)C2CCNC2)c1.Cl.Cl. The highest BCUT2D eigenvalue weighted by molar-refractivity contribution is 5.85. The molecule has 0 aliphatic carbocycles. The summed E-state index contributed by atoms with van der Waals surface area (Å²) < 4.78 is 0. The second-order valence-corrected chi connectivity index (χ2v) is 5.47. The number of hydrogen-bond donors (Lipinski definition) is 2. The lowest BCUT2D eigenvalue weighted by atomic mass is 10.1. The Kier molecular flexibility index (Phi) is 9.62. The molecule has 2 N–H and O–H groups in total. The minimum absolute atomic E-state index is 0. The van der Waals surface area contributed by atoms with Crippen LogP contribution in [0.4, 0.5) is 0 Å². The van der Waals surface area contributed by atoms with Gasteiger partial charge in [-0.1, -0.05) is 24.3 Å². The molecule has 1 aromatic rings. The number of carbonyl (C=O) groups excluding carboxylic acids is 1. The molecule has 0 spiro atoms. The van der Waals surface area contributed by atoms with E-state index in [1.807, 2.05) is 0 Å². The van der Waals surface area contributed by atoms with Crippen molar-refractivity contribution < 1.29 is 4.79 Å². The average molecular weight is 334 g/mol. The zero-order valence-corrected chi connectivity index (χ0v) is 14.2. The summed E-state index contributed by atoms with van der Waals surface area (Å²) in [6, 6.07) is 8.39. The van der Waals surface area contributed by atoms with Crippen molar-refractivity contribution in [3.63, 3.8) is 0 Å². The minimum Gasteiger partial charge on any atom is -0.352 e. The largest absolute Gasteiger partial charge is 0.352 e. The van der Waals surface area contributed by atoms with Crippen LogP contribution in [0.1, 0.15) is 17.5 Å². The predicted octanol–water partition coefficient (Wildman–Crippen LogP) is 1.82. The van der Waals surface area contributed by atoms with Gasteiger partial charge in [-0.3, -0.25) is 4.79 Å². The fourth-order valence-electron chi connectivity index (χ4n) is 2.42. The van der Waals surface area contributed by atoms with Crippen molar-refractivity contribution in [3.8, 4) is 0 Å². The van der Waals surface area contributed by atoms with Crippen molar-refractivity contribution in [3.05, 3.63) is 35.4 Å². The van der Waals surface area contributed by atoms with E-state index in [4.69, 9.17) is 0 Å². The molecule has 6 heteroatoms. The highest BCUT2D eigenvalue weighted by Gasteiger charge is 2.21. The van der Waals surface area contributed by atoms with Crippen molar-refractivity contribution in [1.82, 2.24) is 15.5 Å².